The molecule has 0 atom stereocenters. The zero-order chi connectivity index (χ0) is 12.1. The Kier molecular flexibility index (Phi) is 3.82. The van der Waals surface area contributed by atoms with Crippen LogP contribution in [0.5, 0.6) is 0 Å². The van der Waals surface area contributed by atoms with E-state index in [4.69, 9.17) is 5.73 Å². The minimum Gasteiger partial charge on any atom is -0.382 e. The maximum absolute atomic E-state index is 10.8. The van der Waals surface area contributed by atoms with Gasteiger partial charge in [-0.1, -0.05) is 6.07 Å². The smallest absolute Gasteiger partial charge is 0.316 e. The van der Waals surface area contributed by atoms with Crippen LogP contribution >= 0.6 is 0 Å². The van der Waals surface area contributed by atoms with Gasteiger partial charge in [0.2, 0.25) is 0 Å². The molecule has 0 spiro atoms. The standard InChI is InChI=1S/C12H18N4O/c13-12(17)16-11-3-1-2-10(8-11)15-9-4-6-14-7-5-9/h1-3,8-9,14-15H,4-7H2,(H3,13,16,17). The second-order valence-electron chi connectivity index (χ2n) is 4.24. The summed E-state index contributed by atoms with van der Waals surface area (Å²) in [5, 5.41) is 9.36. The van der Waals surface area contributed by atoms with Crippen LogP contribution in [0.15, 0.2) is 24.3 Å². The third kappa shape index (κ3) is 3.64. The van der Waals surface area contributed by atoms with Crippen LogP contribution < -0.4 is 21.7 Å². The van der Waals surface area contributed by atoms with E-state index in [1.54, 1.807) is 0 Å². The lowest BCUT2D eigenvalue weighted by atomic mass is 10.1. The number of hydrogen-bond donors (Lipinski definition) is 4. The highest BCUT2D eigenvalue weighted by Gasteiger charge is 2.12. The summed E-state index contributed by atoms with van der Waals surface area (Å²) in [6.07, 6.45) is 2.24. The van der Waals surface area contributed by atoms with Gasteiger partial charge >= 0.3 is 6.03 Å². The molecule has 0 radical (unpaired) electrons. The number of hydrogen-bond acceptors (Lipinski definition) is 3. The van der Waals surface area contributed by atoms with Crippen molar-refractivity contribution in [2.75, 3.05) is 23.7 Å². The zero-order valence-corrected chi connectivity index (χ0v) is 9.70. The molecule has 0 aromatic heterocycles. The molecule has 0 unspecified atom stereocenters. The molecule has 2 rings (SSSR count). The number of benzene rings is 1. The average Bonchev–Trinajstić information content (AvgIpc) is 2.30. The van der Waals surface area contributed by atoms with Crippen molar-refractivity contribution in [3.05, 3.63) is 24.3 Å². The van der Waals surface area contributed by atoms with E-state index in [9.17, 15) is 4.79 Å². The number of primary amides is 1. The largest absolute Gasteiger partial charge is 0.382 e. The van der Waals surface area contributed by atoms with Crippen LogP contribution in [0, 0.1) is 0 Å². The number of urea groups is 1. The van der Waals surface area contributed by atoms with Gasteiger partial charge in [0.1, 0.15) is 0 Å². The summed E-state index contributed by atoms with van der Waals surface area (Å²) < 4.78 is 0. The molecule has 1 aromatic carbocycles. The topological polar surface area (TPSA) is 79.2 Å². The summed E-state index contributed by atoms with van der Waals surface area (Å²) in [5.41, 5.74) is 6.82. The Morgan fingerprint density at radius 3 is 2.71 bits per heavy atom. The van der Waals surface area contributed by atoms with E-state index >= 15 is 0 Å². The maximum atomic E-state index is 10.8. The van der Waals surface area contributed by atoms with Crippen LogP contribution in [-0.4, -0.2) is 25.2 Å². The predicted octanol–water partition coefficient (Wildman–Crippen LogP) is 1.34. The normalized spacial score (nSPS) is 16.5. The molecule has 1 saturated heterocycles. The number of piperidine rings is 1. The molecular formula is C12H18N4O. The van der Waals surface area contributed by atoms with E-state index in [0.29, 0.717) is 6.04 Å². The van der Waals surface area contributed by atoms with Crippen molar-refractivity contribution >= 4 is 17.4 Å². The molecule has 0 aliphatic carbocycles. The first-order valence-corrected chi connectivity index (χ1v) is 5.88. The number of nitrogens with two attached hydrogens (primary N) is 1. The van der Waals surface area contributed by atoms with Gasteiger partial charge in [-0.15, -0.1) is 0 Å². The first kappa shape index (κ1) is 11.7. The van der Waals surface area contributed by atoms with E-state index < -0.39 is 6.03 Å². The molecule has 1 aliphatic heterocycles. The lowest BCUT2D eigenvalue weighted by Crippen LogP contribution is -2.35. The highest BCUT2D eigenvalue weighted by Crippen LogP contribution is 2.18. The Morgan fingerprint density at radius 2 is 2.00 bits per heavy atom. The van der Waals surface area contributed by atoms with Crippen LogP contribution in [0.3, 0.4) is 0 Å². The van der Waals surface area contributed by atoms with Crippen molar-refractivity contribution in [2.24, 2.45) is 5.73 Å². The van der Waals surface area contributed by atoms with Crippen molar-refractivity contribution in [3.8, 4) is 0 Å². The molecule has 1 heterocycles. The van der Waals surface area contributed by atoms with E-state index in [-0.39, 0.29) is 0 Å². The predicted molar refractivity (Wildman–Crippen MR) is 69.2 cm³/mol. The minimum atomic E-state index is -0.538. The third-order valence-corrected chi connectivity index (χ3v) is 2.84. The van der Waals surface area contributed by atoms with Crippen molar-refractivity contribution in [3.63, 3.8) is 0 Å². The summed E-state index contributed by atoms with van der Waals surface area (Å²) in [6, 6.07) is 7.57. The zero-order valence-electron chi connectivity index (χ0n) is 9.70. The first-order chi connectivity index (χ1) is 8.24. The highest BCUT2D eigenvalue weighted by atomic mass is 16.2. The first-order valence-electron chi connectivity index (χ1n) is 5.88. The number of amides is 2. The van der Waals surface area contributed by atoms with Crippen molar-refractivity contribution in [1.82, 2.24) is 5.32 Å². The molecule has 1 fully saturated rings. The van der Waals surface area contributed by atoms with E-state index in [2.05, 4.69) is 16.0 Å². The minimum absolute atomic E-state index is 0.500. The van der Waals surface area contributed by atoms with E-state index in [1.807, 2.05) is 24.3 Å². The van der Waals surface area contributed by atoms with Crippen molar-refractivity contribution in [1.29, 1.82) is 0 Å². The fourth-order valence-corrected chi connectivity index (χ4v) is 2.03. The monoisotopic (exact) mass is 234 g/mol. The fourth-order valence-electron chi connectivity index (χ4n) is 2.03. The van der Waals surface area contributed by atoms with E-state index in [0.717, 1.165) is 37.3 Å². The van der Waals surface area contributed by atoms with Gasteiger partial charge in [-0.3, -0.25) is 0 Å². The van der Waals surface area contributed by atoms with Gasteiger partial charge in [0.25, 0.3) is 0 Å². The van der Waals surface area contributed by atoms with Crippen LogP contribution in [0.2, 0.25) is 0 Å². The van der Waals surface area contributed by atoms with Gasteiger partial charge in [-0.2, -0.15) is 0 Å². The molecule has 1 aromatic rings. The molecule has 5 heteroatoms. The second kappa shape index (κ2) is 5.54. The van der Waals surface area contributed by atoms with Gasteiger partial charge in [0, 0.05) is 17.4 Å². The van der Waals surface area contributed by atoms with Crippen LogP contribution in [0.25, 0.3) is 0 Å². The average molecular weight is 234 g/mol. The molecule has 0 saturated carbocycles. The summed E-state index contributed by atoms with van der Waals surface area (Å²) in [4.78, 5) is 10.8. The van der Waals surface area contributed by atoms with Crippen molar-refractivity contribution < 1.29 is 4.79 Å². The second-order valence-corrected chi connectivity index (χ2v) is 4.24. The number of anilines is 2. The Morgan fingerprint density at radius 1 is 1.29 bits per heavy atom. The Labute approximate surface area is 101 Å². The van der Waals surface area contributed by atoms with Crippen molar-refractivity contribution in [2.45, 2.75) is 18.9 Å². The number of carbonyl (C=O) groups excluding carboxylic acids is 1. The molecule has 1 aliphatic rings. The quantitative estimate of drug-likeness (QED) is 0.637. The Balaban J connectivity index is 1.97. The SMILES string of the molecule is NC(=O)Nc1cccc(NC2CCNCC2)c1. The fraction of sp³-hybridized carbons (Fsp3) is 0.417. The molecule has 0 bridgehead atoms. The van der Waals surface area contributed by atoms with Crippen LogP contribution in [0.1, 0.15) is 12.8 Å². The number of nitrogens with one attached hydrogen (secondary N) is 3. The summed E-state index contributed by atoms with van der Waals surface area (Å²) in [5.74, 6) is 0. The summed E-state index contributed by atoms with van der Waals surface area (Å²) in [7, 11) is 0. The summed E-state index contributed by atoms with van der Waals surface area (Å²) in [6.45, 7) is 2.10. The molecular weight excluding hydrogens is 216 g/mol. The lowest BCUT2D eigenvalue weighted by molar-refractivity contribution is 0.259. The van der Waals surface area contributed by atoms with Crippen LogP contribution in [0.4, 0.5) is 16.2 Å². The Bertz CT molecular complexity index is 388. The third-order valence-electron chi connectivity index (χ3n) is 2.84. The molecule has 92 valence electrons. The molecule has 5 N–H and O–H groups in total. The van der Waals surface area contributed by atoms with Gasteiger partial charge < -0.3 is 21.7 Å². The summed E-state index contributed by atoms with van der Waals surface area (Å²) >= 11 is 0. The number of rotatable bonds is 3. The van der Waals surface area contributed by atoms with Gasteiger partial charge in [0.05, 0.1) is 0 Å². The maximum Gasteiger partial charge on any atom is 0.316 e. The van der Waals surface area contributed by atoms with Gasteiger partial charge in [0.15, 0.2) is 0 Å². The molecule has 2 amide bonds. The lowest BCUT2D eigenvalue weighted by Gasteiger charge is -2.24. The number of carbonyl (C=O) groups is 1. The van der Waals surface area contributed by atoms with E-state index in [1.165, 1.54) is 0 Å². The molecule has 5 nitrogen and oxygen atoms in total. The highest BCUT2D eigenvalue weighted by molar-refractivity contribution is 5.88. The Hall–Kier alpha value is -1.75. The van der Waals surface area contributed by atoms with Gasteiger partial charge in [-0.05, 0) is 44.1 Å². The molecule has 17 heavy (non-hydrogen) atoms. The van der Waals surface area contributed by atoms with Gasteiger partial charge in [-0.25, -0.2) is 4.79 Å². The van der Waals surface area contributed by atoms with Crippen LogP contribution in [-0.2, 0) is 0 Å².